The van der Waals surface area contributed by atoms with Gasteiger partial charge in [-0.25, -0.2) is 0 Å². The lowest BCUT2D eigenvalue weighted by Crippen LogP contribution is -2.47. The van der Waals surface area contributed by atoms with Gasteiger partial charge in [0.25, 0.3) is 0 Å². The Morgan fingerprint density at radius 2 is 2.00 bits per heavy atom. The van der Waals surface area contributed by atoms with Gasteiger partial charge in [-0.3, -0.25) is 0 Å². The molecule has 0 amide bonds. The molecule has 0 aromatic carbocycles. The van der Waals surface area contributed by atoms with Crippen molar-refractivity contribution in [1.29, 1.82) is 5.26 Å². The molecule has 4 heteroatoms. The molecule has 8 atom stereocenters. The highest BCUT2D eigenvalue weighted by Crippen LogP contribution is 2.64. The molecule has 0 bridgehead atoms. The van der Waals surface area contributed by atoms with Crippen LogP contribution in [0.25, 0.3) is 0 Å². The Labute approximate surface area is 159 Å². The molecule has 0 radical (unpaired) electrons. The predicted molar refractivity (Wildman–Crippen MR) is 104 cm³/mol. The van der Waals surface area contributed by atoms with Gasteiger partial charge in [-0.05, 0) is 93.7 Å². The predicted octanol–water partition coefficient (Wildman–Crippen LogP) is 5.05. The minimum absolute atomic E-state index is 0.216. The number of nitrogens with zero attached hydrogens (tertiary/aromatic N) is 1. The zero-order chi connectivity index (χ0) is 18.3. The summed E-state index contributed by atoms with van der Waals surface area (Å²) in [4.78, 5) is 0. The number of hydrogen-bond donors (Lipinski definition) is 0. The van der Waals surface area contributed by atoms with E-state index in [0.717, 1.165) is 24.7 Å². The molecule has 3 unspecified atom stereocenters. The van der Waals surface area contributed by atoms with E-state index < -0.39 is 13.9 Å². The summed E-state index contributed by atoms with van der Waals surface area (Å²) in [5.74, 6) is 2.92. The van der Waals surface area contributed by atoms with Crippen molar-refractivity contribution in [3.63, 3.8) is 0 Å². The average Bonchev–Trinajstić information content (AvgIpc) is 3.21. The molecule has 5 aliphatic rings. The van der Waals surface area contributed by atoms with E-state index in [0.29, 0.717) is 23.4 Å². The summed E-state index contributed by atoms with van der Waals surface area (Å²) in [5.41, 5.74) is 1.68. The van der Waals surface area contributed by atoms with E-state index in [9.17, 15) is 5.26 Å². The van der Waals surface area contributed by atoms with E-state index in [1.807, 2.05) is 0 Å². The Morgan fingerprint density at radius 3 is 2.73 bits per heavy atom. The standard InChI is InChI=1S/C22H33NO2Si/c1-21-10-9-15-16(18(21)7-8-19(21)25-26(2,3)4)6-5-14-12-22(13-23)20(24-22)11-17(14)15/h9,14,16-20H,5-8,10-12H2,1-4H3/t14?,16-,17-,18+,19-,20?,21+,22?/m1/s1. The Hall–Kier alpha value is -0.633. The van der Waals surface area contributed by atoms with Gasteiger partial charge in [0, 0.05) is 0 Å². The molecule has 5 rings (SSSR count). The van der Waals surface area contributed by atoms with Crippen LogP contribution in [0.5, 0.6) is 0 Å². The number of allylic oxidation sites excluding steroid dienone is 2. The first kappa shape index (κ1) is 17.5. The summed E-state index contributed by atoms with van der Waals surface area (Å²) in [6.45, 7) is 9.51. The maximum atomic E-state index is 9.49. The molecule has 3 nitrogen and oxygen atoms in total. The van der Waals surface area contributed by atoms with Crippen molar-refractivity contribution < 1.29 is 9.16 Å². The number of fused-ring (bicyclic) bond motifs is 6. The molecule has 0 aromatic heterocycles. The smallest absolute Gasteiger partial charge is 0.184 e. The molecular weight excluding hydrogens is 338 g/mol. The van der Waals surface area contributed by atoms with Crippen molar-refractivity contribution in [1.82, 2.24) is 0 Å². The van der Waals surface area contributed by atoms with Crippen LogP contribution in [0, 0.1) is 40.4 Å². The molecule has 142 valence electrons. The zero-order valence-electron chi connectivity index (χ0n) is 16.8. The maximum absolute atomic E-state index is 9.49. The van der Waals surface area contributed by atoms with E-state index >= 15 is 0 Å². The Morgan fingerprint density at radius 1 is 1.19 bits per heavy atom. The van der Waals surface area contributed by atoms with Crippen molar-refractivity contribution >= 4 is 8.32 Å². The van der Waals surface area contributed by atoms with E-state index in [-0.39, 0.29) is 6.10 Å². The number of nitriles is 1. The van der Waals surface area contributed by atoms with Crippen molar-refractivity contribution in [2.45, 2.75) is 89.3 Å². The van der Waals surface area contributed by atoms with Crippen LogP contribution < -0.4 is 0 Å². The average molecular weight is 372 g/mol. The Balaban J connectivity index is 1.40. The number of epoxide rings is 1. The molecule has 3 saturated carbocycles. The van der Waals surface area contributed by atoms with Crippen LogP contribution in [0.2, 0.25) is 19.6 Å². The van der Waals surface area contributed by atoms with Crippen LogP contribution in [0.4, 0.5) is 0 Å². The second-order valence-electron chi connectivity index (χ2n) is 10.9. The molecule has 26 heavy (non-hydrogen) atoms. The first-order chi connectivity index (χ1) is 12.3. The van der Waals surface area contributed by atoms with Gasteiger partial charge >= 0.3 is 0 Å². The zero-order valence-corrected chi connectivity index (χ0v) is 17.8. The van der Waals surface area contributed by atoms with Gasteiger partial charge in [0.05, 0.1) is 6.10 Å². The van der Waals surface area contributed by atoms with Crippen molar-refractivity contribution in [2.24, 2.45) is 29.1 Å². The Bertz CT molecular complexity index is 691. The van der Waals surface area contributed by atoms with Crippen LogP contribution in [0.15, 0.2) is 11.6 Å². The van der Waals surface area contributed by atoms with Gasteiger partial charge in [0.15, 0.2) is 13.9 Å². The third-order valence-corrected chi connectivity index (χ3v) is 9.39. The van der Waals surface area contributed by atoms with Crippen molar-refractivity contribution in [3.05, 3.63) is 11.6 Å². The second kappa shape index (κ2) is 5.46. The largest absolute Gasteiger partial charge is 0.414 e. The van der Waals surface area contributed by atoms with Gasteiger partial charge in [0.2, 0.25) is 0 Å². The van der Waals surface area contributed by atoms with Crippen molar-refractivity contribution in [2.75, 3.05) is 0 Å². The normalized spacial score (nSPS) is 52.0. The van der Waals surface area contributed by atoms with Gasteiger partial charge in [-0.1, -0.05) is 18.6 Å². The van der Waals surface area contributed by atoms with E-state index in [1.54, 1.807) is 5.57 Å². The van der Waals surface area contributed by atoms with Gasteiger partial charge in [-0.2, -0.15) is 5.26 Å². The molecule has 1 saturated heterocycles. The molecule has 0 aromatic rings. The third-order valence-electron chi connectivity index (χ3n) is 8.39. The molecule has 4 aliphatic carbocycles. The van der Waals surface area contributed by atoms with E-state index in [2.05, 4.69) is 38.7 Å². The monoisotopic (exact) mass is 371 g/mol. The van der Waals surface area contributed by atoms with Gasteiger partial charge in [-0.15, -0.1) is 0 Å². The lowest BCUT2D eigenvalue weighted by molar-refractivity contribution is 0.0185. The van der Waals surface area contributed by atoms with E-state index in [4.69, 9.17) is 9.16 Å². The highest BCUT2D eigenvalue weighted by atomic mass is 28.4. The molecule has 1 aliphatic heterocycles. The van der Waals surface area contributed by atoms with Gasteiger partial charge in [0.1, 0.15) is 12.2 Å². The second-order valence-corrected chi connectivity index (χ2v) is 15.4. The van der Waals surface area contributed by atoms with Crippen LogP contribution in [0.1, 0.15) is 51.9 Å². The lowest BCUT2D eigenvalue weighted by atomic mass is 9.54. The van der Waals surface area contributed by atoms with Gasteiger partial charge < -0.3 is 9.16 Å². The summed E-state index contributed by atoms with van der Waals surface area (Å²) < 4.78 is 12.5. The van der Waals surface area contributed by atoms with Crippen molar-refractivity contribution in [3.8, 4) is 6.07 Å². The fraction of sp³-hybridized carbons (Fsp3) is 0.864. The van der Waals surface area contributed by atoms with Crippen LogP contribution in [-0.4, -0.2) is 26.1 Å². The number of rotatable bonds is 2. The highest BCUT2D eigenvalue weighted by molar-refractivity contribution is 6.69. The van der Waals surface area contributed by atoms with Crippen LogP contribution in [-0.2, 0) is 9.16 Å². The topological polar surface area (TPSA) is 45.5 Å². The summed E-state index contributed by atoms with van der Waals surface area (Å²) in [7, 11) is -1.50. The fourth-order valence-corrected chi connectivity index (χ4v) is 8.39. The van der Waals surface area contributed by atoms with Crippen LogP contribution >= 0.6 is 0 Å². The quantitative estimate of drug-likeness (QED) is 0.387. The summed E-state index contributed by atoms with van der Waals surface area (Å²) >= 11 is 0. The molecular formula is C22H33NO2Si. The summed E-state index contributed by atoms with van der Waals surface area (Å²) in [5, 5.41) is 9.49. The summed E-state index contributed by atoms with van der Waals surface area (Å²) in [6.07, 6.45) is 11.8. The summed E-state index contributed by atoms with van der Waals surface area (Å²) in [6, 6.07) is 2.48. The first-order valence-electron chi connectivity index (χ1n) is 10.7. The van der Waals surface area contributed by atoms with E-state index in [1.165, 1.54) is 32.1 Å². The van der Waals surface area contributed by atoms with Crippen LogP contribution in [0.3, 0.4) is 0 Å². The fourth-order valence-electron chi connectivity index (χ4n) is 7.15. The molecule has 0 spiro atoms. The SMILES string of the molecule is C[C@]12CC=C3[C@@H](CCC4CC5(C#N)OC5C[C@@H]34)[C@@H]1CC[C@H]2O[Si](C)(C)C. The number of hydrogen-bond acceptors (Lipinski definition) is 3. The minimum Gasteiger partial charge on any atom is -0.414 e. The lowest BCUT2D eigenvalue weighted by Gasteiger charge is -2.51. The molecule has 1 heterocycles. The highest BCUT2D eigenvalue weighted by Gasteiger charge is 2.65. The molecule has 0 N–H and O–H groups in total. The third kappa shape index (κ3) is 2.43. The molecule has 4 fully saturated rings. The Kier molecular flexibility index (Phi) is 3.67. The number of ether oxygens (including phenoxy) is 1. The first-order valence-corrected chi connectivity index (χ1v) is 14.1. The minimum atomic E-state index is -1.50. The maximum Gasteiger partial charge on any atom is 0.184 e.